The highest BCUT2D eigenvalue weighted by atomic mass is 35.5. The van der Waals surface area contributed by atoms with Crippen LogP contribution in [0.2, 0.25) is 10.0 Å². The minimum Gasteiger partial charge on any atom is -0.326 e. The number of rotatable bonds is 3. The van der Waals surface area contributed by atoms with Crippen molar-refractivity contribution in [3.8, 4) is 5.69 Å². The summed E-state index contributed by atoms with van der Waals surface area (Å²) < 4.78 is 3.07. The smallest absolute Gasteiger partial charge is 0.270 e. The van der Waals surface area contributed by atoms with Gasteiger partial charge in [0.25, 0.3) is 5.56 Å². The van der Waals surface area contributed by atoms with E-state index in [9.17, 15) is 9.59 Å². The van der Waals surface area contributed by atoms with Crippen molar-refractivity contribution >= 4 is 63.2 Å². The zero-order chi connectivity index (χ0) is 26.0. The Hall–Kier alpha value is -3.99. The molecule has 0 aliphatic carbocycles. The Labute approximate surface area is 225 Å². The Morgan fingerprint density at radius 3 is 2.74 bits per heavy atom. The summed E-state index contributed by atoms with van der Waals surface area (Å²) in [6.45, 7) is 1.52. The first-order valence-corrected chi connectivity index (χ1v) is 12.8. The highest BCUT2D eigenvalue weighted by Crippen LogP contribution is 2.33. The van der Waals surface area contributed by atoms with Crippen molar-refractivity contribution in [2.24, 2.45) is 11.8 Å². The van der Waals surface area contributed by atoms with Crippen LogP contribution in [-0.4, -0.2) is 42.9 Å². The predicted molar refractivity (Wildman–Crippen MR) is 146 cm³/mol. The van der Waals surface area contributed by atoms with Gasteiger partial charge in [0.2, 0.25) is 17.6 Å². The molecule has 1 saturated heterocycles. The van der Waals surface area contributed by atoms with Crippen molar-refractivity contribution in [3.05, 3.63) is 81.0 Å². The number of hydrogen-bond donors (Lipinski definition) is 3. The molecule has 38 heavy (non-hydrogen) atoms. The van der Waals surface area contributed by atoms with Gasteiger partial charge >= 0.3 is 0 Å². The molecule has 12 heteroatoms. The van der Waals surface area contributed by atoms with Gasteiger partial charge in [0.1, 0.15) is 5.39 Å². The number of fused-ring (bicyclic) bond motifs is 5. The maximum Gasteiger partial charge on any atom is 0.270 e. The van der Waals surface area contributed by atoms with Crippen LogP contribution in [0.4, 0.5) is 17.3 Å². The van der Waals surface area contributed by atoms with Gasteiger partial charge in [-0.1, -0.05) is 29.3 Å². The summed E-state index contributed by atoms with van der Waals surface area (Å²) in [6.07, 6.45) is 5.56. The van der Waals surface area contributed by atoms with Crippen molar-refractivity contribution in [3.63, 3.8) is 0 Å². The lowest BCUT2D eigenvalue weighted by Gasteiger charge is -2.14. The lowest BCUT2D eigenvalue weighted by Crippen LogP contribution is -2.27. The maximum absolute atomic E-state index is 13.6. The normalized spacial score (nSPS) is 18.7. The van der Waals surface area contributed by atoms with E-state index in [2.05, 4.69) is 30.9 Å². The highest BCUT2D eigenvalue weighted by molar-refractivity contribution is 6.37. The van der Waals surface area contributed by atoms with Gasteiger partial charge < -0.3 is 16.0 Å². The van der Waals surface area contributed by atoms with Crippen LogP contribution in [-0.2, 0) is 11.2 Å². The summed E-state index contributed by atoms with van der Waals surface area (Å²) in [4.78, 5) is 39.6. The number of para-hydroxylation sites is 1. The van der Waals surface area contributed by atoms with Crippen LogP contribution in [0.25, 0.3) is 22.5 Å². The fourth-order valence-corrected chi connectivity index (χ4v) is 5.93. The van der Waals surface area contributed by atoms with Gasteiger partial charge in [-0.15, -0.1) is 0 Å². The lowest BCUT2D eigenvalue weighted by molar-refractivity contribution is -0.120. The molecule has 5 aromatic rings. The molecule has 0 saturated carbocycles. The largest absolute Gasteiger partial charge is 0.326 e. The fraction of sp³-hybridized carbons (Fsp3) is 0.192. The Morgan fingerprint density at radius 1 is 1.05 bits per heavy atom. The van der Waals surface area contributed by atoms with Crippen molar-refractivity contribution in [2.75, 3.05) is 23.7 Å². The molecule has 190 valence electrons. The molecule has 0 bridgehead atoms. The second kappa shape index (κ2) is 8.80. The minimum atomic E-state index is -0.388. The van der Waals surface area contributed by atoms with E-state index in [4.69, 9.17) is 23.2 Å². The third-order valence-electron chi connectivity index (χ3n) is 7.19. The van der Waals surface area contributed by atoms with Crippen LogP contribution in [0, 0.1) is 11.8 Å². The summed E-state index contributed by atoms with van der Waals surface area (Å²) in [7, 11) is 0. The standard InChI is InChI=1S/C26H20Cl2N8O2/c27-18-2-1-3-19(28)21(18)36-24(38)17-12-31-25(34-22(17)35-7-6-30-26(35)36)32-15-4-5-20-13(9-15)8-14-10-29-11-16(14)23(37)33-20/h1-7,9,12,14,16,29H,8,10-11H2,(H,33,37)(H,31,32,34)/t14-,16-/m1/s1. The monoisotopic (exact) mass is 546 g/mol. The van der Waals surface area contributed by atoms with E-state index in [0.29, 0.717) is 39.7 Å². The highest BCUT2D eigenvalue weighted by Gasteiger charge is 2.36. The van der Waals surface area contributed by atoms with Gasteiger partial charge in [0.05, 0.1) is 21.7 Å². The molecule has 3 aromatic heterocycles. The van der Waals surface area contributed by atoms with Crippen LogP contribution in [0.5, 0.6) is 0 Å². The molecule has 2 aliphatic heterocycles. The number of carbonyl (C=O) groups excluding carboxylic acids is 1. The Morgan fingerprint density at radius 2 is 1.89 bits per heavy atom. The van der Waals surface area contributed by atoms with E-state index in [-0.39, 0.29) is 28.7 Å². The van der Waals surface area contributed by atoms with Gasteiger partial charge in [-0.3, -0.25) is 14.0 Å². The van der Waals surface area contributed by atoms with Crippen molar-refractivity contribution in [1.29, 1.82) is 0 Å². The van der Waals surface area contributed by atoms with E-state index < -0.39 is 0 Å². The number of halogens is 2. The molecule has 0 radical (unpaired) electrons. The van der Waals surface area contributed by atoms with Gasteiger partial charge in [-0.25, -0.2) is 14.5 Å². The predicted octanol–water partition coefficient (Wildman–Crippen LogP) is 3.81. The molecular weight excluding hydrogens is 527 g/mol. The molecule has 2 atom stereocenters. The third-order valence-corrected chi connectivity index (χ3v) is 7.80. The number of nitrogens with one attached hydrogen (secondary N) is 3. The summed E-state index contributed by atoms with van der Waals surface area (Å²) in [5, 5.41) is 10.5. The topological polar surface area (TPSA) is 118 Å². The van der Waals surface area contributed by atoms with Crippen molar-refractivity contribution < 1.29 is 4.79 Å². The molecular formula is C26H20Cl2N8O2. The maximum atomic E-state index is 13.6. The Bertz CT molecular complexity index is 1810. The van der Waals surface area contributed by atoms with Crippen LogP contribution in [0.15, 0.2) is 59.8 Å². The molecule has 2 aliphatic rings. The first kappa shape index (κ1) is 23.2. The summed E-state index contributed by atoms with van der Waals surface area (Å²) >= 11 is 12.8. The minimum absolute atomic E-state index is 0.0232. The van der Waals surface area contributed by atoms with Crippen LogP contribution >= 0.6 is 23.2 Å². The molecule has 2 aromatic carbocycles. The molecule has 0 unspecified atom stereocenters. The van der Waals surface area contributed by atoms with E-state index in [1.54, 1.807) is 35.0 Å². The molecule has 7 rings (SSSR count). The third kappa shape index (κ3) is 3.64. The molecule has 3 N–H and O–H groups in total. The SMILES string of the molecule is O=C1Nc2ccc(Nc3ncc4c(=O)n(-c5c(Cl)cccc5Cl)c5nccn5c4n3)cc2C[C@@H]2CNC[C@@H]12. The van der Waals surface area contributed by atoms with Gasteiger partial charge in [-0.2, -0.15) is 4.98 Å². The molecule has 5 heterocycles. The van der Waals surface area contributed by atoms with Crippen LogP contribution in [0.3, 0.4) is 0 Å². The number of aromatic nitrogens is 5. The molecule has 1 amide bonds. The lowest BCUT2D eigenvalue weighted by atomic mass is 9.90. The van der Waals surface area contributed by atoms with Crippen LogP contribution in [0.1, 0.15) is 5.56 Å². The van der Waals surface area contributed by atoms with Crippen LogP contribution < -0.4 is 21.5 Å². The second-order valence-corrected chi connectivity index (χ2v) is 10.3. The number of benzene rings is 2. The second-order valence-electron chi connectivity index (χ2n) is 9.45. The van der Waals surface area contributed by atoms with Crippen molar-refractivity contribution in [2.45, 2.75) is 6.42 Å². The number of nitrogens with zero attached hydrogens (tertiary/aromatic N) is 5. The van der Waals surface area contributed by atoms with Gasteiger partial charge in [0, 0.05) is 36.5 Å². The number of imidazole rings is 1. The van der Waals surface area contributed by atoms with E-state index in [0.717, 1.165) is 29.9 Å². The van der Waals surface area contributed by atoms with E-state index in [1.807, 2.05) is 18.2 Å². The number of carbonyl (C=O) groups is 1. The van der Waals surface area contributed by atoms with Crippen molar-refractivity contribution in [1.82, 2.24) is 29.2 Å². The summed E-state index contributed by atoms with van der Waals surface area (Å²) in [5.41, 5.74) is 3.00. The zero-order valence-electron chi connectivity index (χ0n) is 19.8. The average molecular weight is 547 g/mol. The first-order valence-electron chi connectivity index (χ1n) is 12.1. The number of anilines is 3. The fourth-order valence-electron chi connectivity index (χ4n) is 5.36. The number of hydrogen-bond acceptors (Lipinski definition) is 7. The van der Waals surface area contributed by atoms with E-state index in [1.165, 1.54) is 10.8 Å². The number of amides is 1. The van der Waals surface area contributed by atoms with Gasteiger partial charge in [-0.05, 0) is 54.8 Å². The average Bonchev–Trinajstić information content (AvgIpc) is 3.55. The first-order chi connectivity index (χ1) is 18.5. The molecule has 1 fully saturated rings. The Kier molecular flexibility index (Phi) is 5.36. The molecule has 10 nitrogen and oxygen atoms in total. The van der Waals surface area contributed by atoms with E-state index >= 15 is 0 Å². The summed E-state index contributed by atoms with van der Waals surface area (Å²) in [5.74, 6) is 0.933. The Balaban J connectivity index is 1.29. The zero-order valence-corrected chi connectivity index (χ0v) is 21.3. The molecule has 0 spiro atoms. The summed E-state index contributed by atoms with van der Waals surface area (Å²) in [6, 6.07) is 10.8. The van der Waals surface area contributed by atoms with Gasteiger partial charge in [0.15, 0.2) is 5.65 Å². The quantitative estimate of drug-likeness (QED) is 0.315.